The summed E-state index contributed by atoms with van der Waals surface area (Å²) in [5.74, 6) is -0.0730. The molecule has 2 aromatic heterocycles. The maximum Gasteiger partial charge on any atom is 0.342 e. The van der Waals surface area contributed by atoms with Crippen LogP contribution in [0.5, 0.6) is 5.88 Å². The zero-order valence-corrected chi connectivity index (χ0v) is 11.1. The van der Waals surface area contributed by atoms with Gasteiger partial charge in [-0.2, -0.15) is 0 Å². The number of fused-ring (bicyclic) bond motifs is 1. The Balaban J connectivity index is 2.68. The molecule has 0 fully saturated rings. The molecule has 100 valence electrons. The first-order chi connectivity index (χ1) is 9.08. The van der Waals surface area contributed by atoms with Crippen molar-refractivity contribution < 1.29 is 14.3 Å². The number of nitrogen functional groups attached to an aromatic ring is 1. The Hall–Kier alpha value is -2.37. The first kappa shape index (κ1) is 13.1. The van der Waals surface area contributed by atoms with Gasteiger partial charge in [0.05, 0.1) is 30.6 Å². The molecule has 6 nitrogen and oxygen atoms in total. The Morgan fingerprint density at radius 2 is 2.11 bits per heavy atom. The normalized spacial score (nSPS) is 10.5. The molecule has 2 N–H and O–H groups in total. The molecule has 0 saturated carbocycles. The maximum atomic E-state index is 11.9. The zero-order valence-electron chi connectivity index (χ0n) is 11.1. The summed E-state index contributed by atoms with van der Waals surface area (Å²) in [7, 11) is 1.51. The number of ether oxygens (including phenoxy) is 2. The summed E-state index contributed by atoms with van der Waals surface area (Å²) in [6.45, 7) is 3.73. The van der Waals surface area contributed by atoms with Gasteiger partial charge in [0.25, 0.3) is 0 Å². The van der Waals surface area contributed by atoms with Crippen molar-refractivity contribution in [3.05, 3.63) is 23.4 Å². The molecule has 2 heterocycles. The van der Waals surface area contributed by atoms with Crippen LogP contribution in [0.1, 0.15) is 23.0 Å². The second-order valence-corrected chi connectivity index (χ2v) is 3.93. The van der Waals surface area contributed by atoms with Gasteiger partial charge in [-0.3, -0.25) is 4.98 Å². The predicted octanol–water partition coefficient (Wildman–Crippen LogP) is 1.71. The molecule has 0 aliphatic heterocycles. The molecule has 0 amide bonds. The lowest BCUT2D eigenvalue weighted by atomic mass is 10.1. The second kappa shape index (κ2) is 5.09. The molecule has 2 rings (SSSR count). The molecule has 0 aliphatic carbocycles. The third kappa shape index (κ3) is 2.29. The Morgan fingerprint density at radius 1 is 1.37 bits per heavy atom. The lowest BCUT2D eigenvalue weighted by Crippen LogP contribution is -2.12. The number of aryl methyl sites for hydroxylation is 1. The van der Waals surface area contributed by atoms with Crippen molar-refractivity contribution in [2.75, 3.05) is 19.5 Å². The van der Waals surface area contributed by atoms with Crippen LogP contribution in [0.3, 0.4) is 0 Å². The molecular weight excluding hydrogens is 246 g/mol. The number of pyridine rings is 2. The molecule has 2 aromatic rings. The number of nitrogens with two attached hydrogens (primary N) is 1. The van der Waals surface area contributed by atoms with Crippen molar-refractivity contribution in [1.82, 2.24) is 9.97 Å². The highest BCUT2D eigenvalue weighted by Gasteiger charge is 2.19. The highest BCUT2D eigenvalue weighted by Crippen LogP contribution is 2.26. The summed E-state index contributed by atoms with van der Waals surface area (Å²) in [5, 5.41) is 0. The van der Waals surface area contributed by atoms with Crippen LogP contribution in [0.15, 0.2) is 12.1 Å². The van der Waals surface area contributed by atoms with Crippen molar-refractivity contribution in [2.45, 2.75) is 13.8 Å². The standard InChI is InChI=1S/C13H15N3O3/c1-4-19-13(17)10-7(2)15-8-5-6-9(18-3)16-12(8)11(10)14/h5-6H,4H2,1-3H3,(H2,14,15). The van der Waals surface area contributed by atoms with Crippen LogP contribution in [0.2, 0.25) is 0 Å². The van der Waals surface area contributed by atoms with E-state index in [1.54, 1.807) is 26.0 Å². The molecule has 19 heavy (non-hydrogen) atoms. The average Bonchev–Trinajstić information content (AvgIpc) is 2.38. The number of methoxy groups -OCH3 is 1. The number of esters is 1. The smallest absolute Gasteiger partial charge is 0.342 e. The van der Waals surface area contributed by atoms with E-state index in [9.17, 15) is 4.79 Å². The molecule has 0 spiro atoms. The molecule has 0 saturated heterocycles. The minimum absolute atomic E-state index is 0.259. The summed E-state index contributed by atoms with van der Waals surface area (Å²) in [6.07, 6.45) is 0. The molecular formula is C13H15N3O3. The molecule has 6 heteroatoms. The lowest BCUT2D eigenvalue weighted by Gasteiger charge is -2.11. The highest BCUT2D eigenvalue weighted by atomic mass is 16.5. The fourth-order valence-corrected chi connectivity index (χ4v) is 1.85. The Morgan fingerprint density at radius 3 is 2.74 bits per heavy atom. The Bertz CT molecular complexity index is 641. The lowest BCUT2D eigenvalue weighted by molar-refractivity contribution is 0.0526. The summed E-state index contributed by atoms with van der Waals surface area (Å²) < 4.78 is 10.0. The molecule has 0 atom stereocenters. The van der Waals surface area contributed by atoms with E-state index in [0.29, 0.717) is 22.6 Å². The van der Waals surface area contributed by atoms with Gasteiger partial charge in [-0.25, -0.2) is 9.78 Å². The minimum atomic E-state index is -0.489. The van der Waals surface area contributed by atoms with E-state index in [-0.39, 0.29) is 17.9 Å². The van der Waals surface area contributed by atoms with Crippen molar-refractivity contribution >= 4 is 22.7 Å². The van der Waals surface area contributed by atoms with Gasteiger partial charge in [-0.1, -0.05) is 0 Å². The van der Waals surface area contributed by atoms with E-state index >= 15 is 0 Å². The summed E-state index contributed by atoms with van der Waals surface area (Å²) in [4.78, 5) is 20.4. The van der Waals surface area contributed by atoms with Crippen LogP contribution in [-0.2, 0) is 4.74 Å². The van der Waals surface area contributed by atoms with Crippen LogP contribution in [0.25, 0.3) is 11.0 Å². The average molecular weight is 261 g/mol. The molecule has 0 radical (unpaired) electrons. The number of hydrogen-bond donors (Lipinski definition) is 1. The van der Waals surface area contributed by atoms with Crippen molar-refractivity contribution in [3.8, 4) is 5.88 Å². The van der Waals surface area contributed by atoms with Gasteiger partial charge in [0, 0.05) is 6.07 Å². The third-order valence-electron chi connectivity index (χ3n) is 2.71. The van der Waals surface area contributed by atoms with Crippen molar-refractivity contribution in [1.29, 1.82) is 0 Å². The first-order valence-electron chi connectivity index (χ1n) is 5.86. The third-order valence-corrected chi connectivity index (χ3v) is 2.71. The van der Waals surface area contributed by atoms with Crippen LogP contribution in [-0.4, -0.2) is 29.7 Å². The van der Waals surface area contributed by atoms with Crippen LogP contribution >= 0.6 is 0 Å². The van der Waals surface area contributed by atoms with E-state index in [2.05, 4.69) is 9.97 Å². The van der Waals surface area contributed by atoms with Crippen LogP contribution < -0.4 is 10.5 Å². The minimum Gasteiger partial charge on any atom is -0.481 e. The van der Waals surface area contributed by atoms with Gasteiger partial charge in [-0.15, -0.1) is 0 Å². The quantitative estimate of drug-likeness (QED) is 0.846. The number of carbonyl (C=O) groups is 1. The molecule has 0 aliphatic rings. The maximum absolute atomic E-state index is 11.9. The molecule has 0 bridgehead atoms. The van der Waals surface area contributed by atoms with Gasteiger partial charge >= 0.3 is 5.97 Å². The van der Waals surface area contributed by atoms with E-state index < -0.39 is 5.97 Å². The fourth-order valence-electron chi connectivity index (χ4n) is 1.85. The van der Waals surface area contributed by atoms with Gasteiger partial charge in [0.2, 0.25) is 5.88 Å². The van der Waals surface area contributed by atoms with E-state index in [4.69, 9.17) is 15.2 Å². The van der Waals surface area contributed by atoms with E-state index in [0.717, 1.165) is 0 Å². The SMILES string of the molecule is CCOC(=O)c1c(C)nc2ccc(OC)nc2c1N. The van der Waals surface area contributed by atoms with E-state index in [1.165, 1.54) is 7.11 Å². The number of aromatic nitrogens is 2. The number of anilines is 1. The summed E-state index contributed by atoms with van der Waals surface area (Å²) in [6, 6.07) is 3.44. The largest absolute Gasteiger partial charge is 0.481 e. The van der Waals surface area contributed by atoms with Gasteiger partial charge < -0.3 is 15.2 Å². The second-order valence-electron chi connectivity index (χ2n) is 3.93. The summed E-state index contributed by atoms with van der Waals surface area (Å²) in [5.41, 5.74) is 8.11. The van der Waals surface area contributed by atoms with Gasteiger partial charge in [0.1, 0.15) is 11.1 Å². The predicted molar refractivity (Wildman–Crippen MR) is 71.2 cm³/mol. The zero-order chi connectivity index (χ0) is 14.0. The van der Waals surface area contributed by atoms with Crippen LogP contribution in [0.4, 0.5) is 5.69 Å². The molecule has 0 aromatic carbocycles. The monoisotopic (exact) mass is 261 g/mol. The number of rotatable bonds is 3. The Labute approximate surface area is 110 Å². The Kier molecular flexibility index (Phi) is 3.50. The topological polar surface area (TPSA) is 87.3 Å². The van der Waals surface area contributed by atoms with Gasteiger partial charge in [-0.05, 0) is 19.9 Å². The fraction of sp³-hybridized carbons (Fsp3) is 0.308. The van der Waals surface area contributed by atoms with Crippen LogP contribution in [0, 0.1) is 6.92 Å². The first-order valence-corrected chi connectivity index (χ1v) is 5.86. The van der Waals surface area contributed by atoms with Crippen molar-refractivity contribution in [3.63, 3.8) is 0 Å². The van der Waals surface area contributed by atoms with E-state index in [1.807, 2.05) is 0 Å². The van der Waals surface area contributed by atoms with Gasteiger partial charge in [0.15, 0.2) is 0 Å². The van der Waals surface area contributed by atoms with Crippen molar-refractivity contribution in [2.24, 2.45) is 0 Å². The number of carbonyl (C=O) groups excluding carboxylic acids is 1. The molecule has 0 unspecified atom stereocenters. The summed E-state index contributed by atoms with van der Waals surface area (Å²) >= 11 is 0. The number of nitrogens with zero attached hydrogens (tertiary/aromatic N) is 2. The highest BCUT2D eigenvalue weighted by molar-refractivity contribution is 6.03. The number of hydrogen-bond acceptors (Lipinski definition) is 6.